The molecule has 6 heteroatoms. The minimum absolute atomic E-state index is 0.377. The summed E-state index contributed by atoms with van der Waals surface area (Å²) in [6.07, 6.45) is 2.07. The van der Waals surface area contributed by atoms with E-state index in [1.165, 1.54) is 0 Å². The summed E-state index contributed by atoms with van der Waals surface area (Å²) in [5.74, 6) is -1.28. The average molecular weight is 397 g/mol. The van der Waals surface area contributed by atoms with Gasteiger partial charge in [0.25, 0.3) is 0 Å². The number of halogens is 1. The van der Waals surface area contributed by atoms with Crippen LogP contribution in [0.25, 0.3) is 22.7 Å². The molecule has 1 aromatic heterocycles. The zero-order valence-electron chi connectivity index (χ0n) is 13.0. The molecule has 2 aromatic carbocycles. The fourth-order valence-corrected chi connectivity index (χ4v) is 4.29. The Morgan fingerprint density at radius 1 is 1.24 bits per heavy atom. The minimum atomic E-state index is -2.08. The summed E-state index contributed by atoms with van der Waals surface area (Å²) in [7, 11) is 0. The third-order valence-electron chi connectivity index (χ3n) is 5.02. The lowest BCUT2D eigenvalue weighted by Gasteiger charge is -2.26. The summed E-state index contributed by atoms with van der Waals surface area (Å²) in [6.45, 7) is 0.503. The van der Waals surface area contributed by atoms with Crippen LogP contribution in [0, 0.1) is 0 Å². The van der Waals surface area contributed by atoms with Gasteiger partial charge in [0, 0.05) is 38.4 Å². The zero-order chi connectivity index (χ0) is 17.3. The Kier molecular flexibility index (Phi) is 2.80. The second-order valence-corrected chi connectivity index (χ2v) is 7.22. The molecular formula is C19H13BrN2O3. The first-order valence-electron chi connectivity index (χ1n) is 7.87. The molecule has 0 bridgehead atoms. The van der Waals surface area contributed by atoms with Gasteiger partial charge in [0.15, 0.2) is 0 Å². The number of aromatic amines is 1. The van der Waals surface area contributed by atoms with Crippen LogP contribution in [-0.4, -0.2) is 27.7 Å². The van der Waals surface area contributed by atoms with E-state index >= 15 is 0 Å². The Labute approximate surface area is 150 Å². The average Bonchev–Trinajstić information content (AvgIpc) is 3.09. The van der Waals surface area contributed by atoms with Crippen molar-refractivity contribution >= 4 is 50.3 Å². The normalized spacial score (nSPS) is 20.9. The van der Waals surface area contributed by atoms with Gasteiger partial charge in [-0.3, -0.25) is 0 Å². The Morgan fingerprint density at radius 3 is 2.84 bits per heavy atom. The molecule has 2 aliphatic heterocycles. The monoisotopic (exact) mass is 396 g/mol. The molecule has 25 heavy (non-hydrogen) atoms. The summed E-state index contributed by atoms with van der Waals surface area (Å²) in [5, 5.41) is 23.8. The molecule has 5 nitrogen and oxygen atoms in total. The number of fused-ring (bicyclic) bond motifs is 6. The maximum atomic E-state index is 12.1. The molecule has 0 unspecified atom stereocenters. The molecule has 0 fully saturated rings. The van der Waals surface area contributed by atoms with Crippen molar-refractivity contribution in [3.63, 3.8) is 0 Å². The van der Waals surface area contributed by atoms with Crippen molar-refractivity contribution in [2.45, 2.75) is 5.60 Å². The predicted octanol–water partition coefficient (Wildman–Crippen LogP) is 1.63. The number of carboxylic acid groups (broad SMARTS) is 1. The molecule has 0 spiro atoms. The zero-order valence-corrected chi connectivity index (χ0v) is 14.5. The number of aromatic nitrogens is 1. The van der Waals surface area contributed by atoms with Crippen LogP contribution in [0.2, 0.25) is 0 Å². The highest BCUT2D eigenvalue weighted by atomic mass is 79.9. The van der Waals surface area contributed by atoms with Crippen LogP contribution in [0.15, 0.2) is 46.9 Å². The first-order chi connectivity index (χ1) is 12.0. The molecular weight excluding hydrogens is 384 g/mol. The number of nitrogens with zero attached hydrogens (tertiary/aromatic N) is 1. The highest BCUT2D eigenvalue weighted by molar-refractivity contribution is 9.10. The van der Waals surface area contributed by atoms with Gasteiger partial charge in [-0.25, -0.2) is 4.79 Å². The number of anilines is 1. The van der Waals surface area contributed by atoms with Crippen molar-refractivity contribution in [1.29, 1.82) is 0 Å². The van der Waals surface area contributed by atoms with Gasteiger partial charge >= 0.3 is 5.97 Å². The maximum Gasteiger partial charge on any atom is 0.347 e. The van der Waals surface area contributed by atoms with Gasteiger partial charge in [0.1, 0.15) is 0 Å². The van der Waals surface area contributed by atoms with Crippen molar-refractivity contribution in [1.82, 2.24) is 4.98 Å². The second kappa shape index (κ2) is 4.74. The van der Waals surface area contributed by atoms with Gasteiger partial charge in [-0.15, -0.1) is 0 Å². The van der Waals surface area contributed by atoms with E-state index in [1.807, 2.05) is 35.2 Å². The molecule has 2 aliphatic rings. The highest BCUT2D eigenvalue weighted by Gasteiger charge is 2.53. The molecule has 1 atom stereocenters. The number of aliphatic hydroxyl groups is 1. The van der Waals surface area contributed by atoms with E-state index in [0.29, 0.717) is 28.8 Å². The number of carboxylic acids is 1. The molecule has 3 aromatic rings. The minimum Gasteiger partial charge on any atom is -0.479 e. The molecule has 3 heterocycles. The summed E-state index contributed by atoms with van der Waals surface area (Å²) < 4.78 is 0.836. The number of H-pyrrole nitrogens is 1. The standard InChI is InChI=1S/C19H13BrN2O3/c20-10-5-6-13-15(9-10)22-8-7-12-11-3-1-2-4-14(11)21-16(12)17(22)19(13,25)18(23)24/h1-7,9,21,25H,8H2,(H,23,24)/t19-/m0/s1. The topological polar surface area (TPSA) is 76.6 Å². The third-order valence-corrected chi connectivity index (χ3v) is 5.52. The van der Waals surface area contributed by atoms with Crippen LogP contribution in [-0.2, 0) is 10.4 Å². The van der Waals surface area contributed by atoms with Gasteiger partial charge in [-0.1, -0.05) is 46.3 Å². The molecule has 0 radical (unpaired) electrons. The summed E-state index contributed by atoms with van der Waals surface area (Å²) in [5.41, 5.74) is 0.303. The number of para-hydroxylation sites is 1. The van der Waals surface area contributed by atoms with Crippen molar-refractivity contribution in [2.24, 2.45) is 0 Å². The highest BCUT2D eigenvalue weighted by Crippen LogP contribution is 2.48. The first kappa shape index (κ1) is 14.7. The Hall–Kier alpha value is -2.57. The Bertz CT molecular complexity index is 1200. The number of hydrogen-bond donors (Lipinski definition) is 3. The van der Waals surface area contributed by atoms with Crippen molar-refractivity contribution in [3.05, 3.63) is 63.1 Å². The van der Waals surface area contributed by atoms with Crippen molar-refractivity contribution in [2.75, 3.05) is 11.4 Å². The second-order valence-electron chi connectivity index (χ2n) is 6.30. The van der Waals surface area contributed by atoms with Gasteiger partial charge in [0.05, 0.1) is 11.0 Å². The molecule has 5 rings (SSSR count). The fourth-order valence-electron chi connectivity index (χ4n) is 3.94. The van der Waals surface area contributed by atoms with E-state index in [2.05, 4.69) is 27.0 Å². The SMILES string of the molecule is O=C(O)[C@@]1(O)C2=c3[nH]c4ccccc4c3=CCN2c2cc(Br)ccc21. The van der Waals surface area contributed by atoms with Gasteiger partial charge < -0.3 is 20.1 Å². The van der Waals surface area contributed by atoms with E-state index in [1.54, 1.807) is 12.1 Å². The van der Waals surface area contributed by atoms with E-state index in [-0.39, 0.29) is 0 Å². The smallest absolute Gasteiger partial charge is 0.347 e. The number of carbonyl (C=O) groups is 1. The summed E-state index contributed by atoms with van der Waals surface area (Å²) in [6, 6.07) is 13.1. The van der Waals surface area contributed by atoms with Crippen molar-refractivity contribution < 1.29 is 15.0 Å². The Morgan fingerprint density at radius 2 is 2.04 bits per heavy atom. The Balaban J connectivity index is 1.98. The van der Waals surface area contributed by atoms with E-state index < -0.39 is 11.6 Å². The van der Waals surface area contributed by atoms with Crippen LogP contribution < -0.4 is 15.5 Å². The van der Waals surface area contributed by atoms with Crippen LogP contribution in [0.4, 0.5) is 5.69 Å². The van der Waals surface area contributed by atoms with Gasteiger partial charge in [-0.2, -0.15) is 0 Å². The quantitative estimate of drug-likeness (QED) is 0.584. The number of hydrogen-bond acceptors (Lipinski definition) is 3. The van der Waals surface area contributed by atoms with Crippen LogP contribution >= 0.6 is 15.9 Å². The lowest BCUT2D eigenvalue weighted by molar-refractivity contribution is -0.153. The fraction of sp³-hybridized carbons (Fsp3) is 0.105. The number of rotatable bonds is 1. The van der Waals surface area contributed by atoms with Crippen LogP contribution in [0.5, 0.6) is 0 Å². The number of nitrogens with one attached hydrogen (secondary N) is 1. The lowest BCUT2D eigenvalue weighted by atomic mass is 9.92. The number of aliphatic carboxylic acids is 1. The molecule has 0 saturated heterocycles. The van der Waals surface area contributed by atoms with Crippen LogP contribution in [0.3, 0.4) is 0 Å². The van der Waals surface area contributed by atoms with Gasteiger partial charge in [0.2, 0.25) is 5.60 Å². The maximum absolute atomic E-state index is 12.1. The van der Waals surface area contributed by atoms with Crippen LogP contribution in [0.1, 0.15) is 5.56 Å². The predicted molar refractivity (Wildman–Crippen MR) is 98.4 cm³/mol. The van der Waals surface area contributed by atoms with E-state index in [4.69, 9.17) is 0 Å². The molecule has 0 amide bonds. The van der Waals surface area contributed by atoms with Crippen molar-refractivity contribution in [3.8, 4) is 0 Å². The largest absolute Gasteiger partial charge is 0.479 e. The first-order valence-corrected chi connectivity index (χ1v) is 8.66. The molecule has 0 aliphatic carbocycles. The van der Waals surface area contributed by atoms with Gasteiger partial charge in [-0.05, 0) is 18.2 Å². The van der Waals surface area contributed by atoms with E-state index in [9.17, 15) is 15.0 Å². The summed E-state index contributed by atoms with van der Waals surface area (Å²) >= 11 is 3.43. The molecule has 3 N–H and O–H groups in total. The molecule has 124 valence electrons. The lowest BCUT2D eigenvalue weighted by Crippen LogP contribution is -2.47. The number of benzene rings is 2. The van der Waals surface area contributed by atoms with E-state index in [0.717, 1.165) is 20.6 Å². The summed E-state index contributed by atoms with van der Waals surface area (Å²) in [4.78, 5) is 17.3. The third kappa shape index (κ3) is 1.73. The molecule has 0 saturated carbocycles.